The minimum atomic E-state index is -0.159. The maximum Gasteiger partial charge on any atom is 0.235 e. The van der Waals surface area contributed by atoms with Gasteiger partial charge in [-0.3, -0.25) is 4.79 Å². The second-order valence-corrected chi connectivity index (χ2v) is 5.42. The average Bonchev–Trinajstić information content (AvgIpc) is 2.77. The van der Waals surface area contributed by atoms with E-state index in [1.165, 1.54) is 11.8 Å². The van der Waals surface area contributed by atoms with Crippen LogP contribution in [0.4, 0.5) is 0 Å². The normalized spacial score (nSPS) is 12.2. The van der Waals surface area contributed by atoms with Gasteiger partial charge in [0.05, 0.1) is 11.8 Å². The molecule has 0 saturated carbocycles. The molecule has 0 saturated heterocycles. The largest absolute Gasteiger partial charge is 0.348 e. The Morgan fingerprint density at radius 3 is 2.74 bits per heavy atom. The summed E-state index contributed by atoms with van der Waals surface area (Å²) in [6.07, 6.45) is 2.50. The van der Waals surface area contributed by atoms with Gasteiger partial charge in [-0.2, -0.15) is 0 Å². The molecule has 0 unspecified atom stereocenters. The molecule has 2 N–H and O–H groups in total. The lowest BCUT2D eigenvalue weighted by atomic mass is 10.3. The van der Waals surface area contributed by atoms with Gasteiger partial charge in [-0.15, -0.1) is 16.8 Å². The smallest absolute Gasteiger partial charge is 0.235 e. The van der Waals surface area contributed by atoms with Crippen LogP contribution in [0, 0.1) is 0 Å². The molecule has 106 valence electrons. The number of allylic oxidation sites excluding steroid dienone is 1. The quantitative estimate of drug-likeness (QED) is 0.594. The molecule has 1 heterocycles. The third-order valence-electron chi connectivity index (χ3n) is 2.62. The summed E-state index contributed by atoms with van der Waals surface area (Å²) in [7, 11) is 3.51. The first-order valence-corrected chi connectivity index (χ1v) is 7.03. The van der Waals surface area contributed by atoms with E-state index in [1.807, 2.05) is 11.5 Å². The molecule has 0 spiro atoms. The molecule has 1 rings (SSSR count). The van der Waals surface area contributed by atoms with Gasteiger partial charge in [-0.25, -0.2) is 0 Å². The molecule has 6 nitrogen and oxygen atoms in total. The van der Waals surface area contributed by atoms with Gasteiger partial charge in [0.25, 0.3) is 0 Å². The molecule has 7 heteroatoms. The number of thioether (sulfide) groups is 1. The zero-order valence-corrected chi connectivity index (χ0v) is 12.5. The van der Waals surface area contributed by atoms with Crippen molar-refractivity contribution in [3.63, 3.8) is 0 Å². The molecule has 19 heavy (non-hydrogen) atoms. The van der Waals surface area contributed by atoms with Crippen molar-refractivity contribution in [1.29, 1.82) is 0 Å². The van der Waals surface area contributed by atoms with Crippen LogP contribution in [0.15, 0.2) is 17.8 Å². The molecular formula is C12H21N5OS. The maximum absolute atomic E-state index is 12.0. The lowest BCUT2D eigenvalue weighted by Gasteiger charge is -2.18. The number of nitrogens with zero attached hydrogens (tertiary/aromatic N) is 4. The molecule has 1 amide bonds. The van der Waals surface area contributed by atoms with Crippen molar-refractivity contribution in [2.24, 2.45) is 5.73 Å². The fourth-order valence-electron chi connectivity index (χ4n) is 1.59. The Bertz CT molecular complexity index is 443. The lowest BCUT2D eigenvalue weighted by Crippen LogP contribution is -2.31. The summed E-state index contributed by atoms with van der Waals surface area (Å²) in [6.45, 7) is 6.61. The van der Waals surface area contributed by atoms with Crippen molar-refractivity contribution >= 4 is 17.7 Å². The van der Waals surface area contributed by atoms with Crippen molar-refractivity contribution in [1.82, 2.24) is 19.7 Å². The number of carbonyl (C=O) groups excluding carboxylic acids is 1. The number of carbonyl (C=O) groups is 1. The van der Waals surface area contributed by atoms with Crippen LogP contribution in [-0.4, -0.2) is 44.9 Å². The highest BCUT2D eigenvalue weighted by atomic mass is 32.2. The number of hydrogen-bond acceptors (Lipinski definition) is 5. The van der Waals surface area contributed by atoms with Crippen LogP contribution in [0.3, 0.4) is 0 Å². The summed E-state index contributed by atoms with van der Waals surface area (Å²) in [5.41, 5.74) is 5.62. The fraction of sp³-hybridized carbons (Fsp3) is 0.583. The van der Waals surface area contributed by atoms with Crippen molar-refractivity contribution < 1.29 is 4.79 Å². The third kappa shape index (κ3) is 3.81. The summed E-state index contributed by atoms with van der Waals surface area (Å²) in [6, 6.07) is 0. The van der Waals surface area contributed by atoms with E-state index in [4.69, 9.17) is 5.73 Å². The average molecular weight is 283 g/mol. The molecule has 0 aromatic carbocycles. The van der Waals surface area contributed by atoms with Gasteiger partial charge in [0.2, 0.25) is 5.91 Å². The number of amides is 1. The molecule has 0 aliphatic heterocycles. The van der Waals surface area contributed by atoms with Gasteiger partial charge in [-0.05, 0) is 6.42 Å². The summed E-state index contributed by atoms with van der Waals surface area (Å²) < 4.78 is 1.89. The molecule has 1 aromatic heterocycles. The van der Waals surface area contributed by atoms with Crippen molar-refractivity contribution in [3.8, 4) is 0 Å². The highest BCUT2D eigenvalue weighted by Crippen LogP contribution is 2.25. The standard InChI is InChI=1S/C12H21N5OS/c1-5-7-17-10(8-13)14-15-12(17)19-9(6-2)11(18)16(3)4/h5,9H,1,6-8,13H2,2-4H3/t9-/m0/s1. The van der Waals surface area contributed by atoms with E-state index in [0.717, 1.165) is 6.42 Å². The number of hydrogen-bond donors (Lipinski definition) is 1. The molecule has 1 aromatic rings. The molecule has 0 radical (unpaired) electrons. The number of aromatic nitrogens is 3. The zero-order chi connectivity index (χ0) is 14.4. The first-order valence-electron chi connectivity index (χ1n) is 6.15. The molecule has 0 bridgehead atoms. The molecule has 0 fully saturated rings. The van der Waals surface area contributed by atoms with Gasteiger partial charge < -0.3 is 15.2 Å². The first kappa shape index (κ1) is 15.7. The van der Waals surface area contributed by atoms with Gasteiger partial charge in [0.1, 0.15) is 5.82 Å². The predicted octanol–water partition coefficient (Wildman–Crippen LogP) is 0.882. The fourth-order valence-corrected chi connectivity index (χ4v) is 2.72. The highest BCUT2D eigenvalue weighted by molar-refractivity contribution is 8.00. The molecule has 0 aliphatic carbocycles. The Balaban J connectivity index is 2.93. The van der Waals surface area contributed by atoms with Crippen LogP contribution in [0.2, 0.25) is 0 Å². The second kappa shape index (κ2) is 7.30. The topological polar surface area (TPSA) is 77.0 Å². The van der Waals surface area contributed by atoms with Gasteiger partial charge >= 0.3 is 0 Å². The predicted molar refractivity (Wildman–Crippen MR) is 76.7 cm³/mol. The van der Waals surface area contributed by atoms with Gasteiger partial charge in [0, 0.05) is 20.6 Å². The van der Waals surface area contributed by atoms with Gasteiger partial charge in [0.15, 0.2) is 5.16 Å². The highest BCUT2D eigenvalue weighted by Gasteiger charge is 2.23. The minimum absolute atomic E-state index is 0.0787. The Morgan fingerprint density at radius 1 is 1.58 bits per heavy atom. The van der Waals surface area contributed by atoms with Crippen molar-refractivity contribution in [3.05, 3.63) is 18.5 Å². The molecule has 0 aliphatic rings. The Labute approximate surface area is 118 Å². The van der Waals surface area contributed by atoms with E-state index in [9.17, 15) is 4.79 Å². The van der Waals surface area contributed by atoms with Crippen LogP contribution in [-0.2, 0) is 17.9 Å². The van der Waals surface area contributed by atoms with Crippen LogP contribution >= 0.6 is 11.8 Å². The monoisotopic (exact) mass is 283 g/mol. The Morgan fingerprint density at radius 2 is 2.26 bits per heavy atom. The zero-order valence-electron chi connectivity index (χ0n) is 11.7. The number of rotatable bonds is 7. The van der Waals surface area contributed by atoms with E-state index in [1.54, 1.807) is 25.1 Å². The Kier molecular flexibility index (Phi) is 6.04. The molecular weight excluding hydrogens is 262 g/mol. The second-order valence-electron chi connectivity index (χ2n) is 4.25. The van der Waals surface area contributed by atoms with E-state index in [-0.39, 0.29) is 11.2 Å². The van der Waals surface area contributed by atoms with Crippen LogP contribution < -0.4 is 5.73 Å². The van der Waals surface area contributed by atoms with E-state index >= 15 is 0 Å². The summed E-state index contributed by atoms with van der Waals surface area (Å²) >= 11 is 1.42. The van der Waals surface area contributed by atoms with Crippen LogP contribution in [0.5, 0.6) is 0 Å². The van der Waals surface area contributed by atoms with Crippen LogP contribution in [0.1, 0.15) is 19.2 Å². The molecule has 1 atom stereocenters. The maximum atomic E-state index is 12.0. The van der Waals surface area contributed by atoms with Crippen LogP contribution in [0.25, 0.3) is 0 Å². The third-order valence-corrected chi connectivity index (χ3v) is 3.95. The number of nitrogens with two attached hydrogens (primary N) is 1. The van der Waals surface area contributed by atoms with Gasteiger partial charge in [-0.1, -0.05) is 24.8 Å². The van der Waals surface area contributed by atoms with Crippen molar-refractivity contribution in [2.75, 3.05) is 14.1 Å². The van der Waals surface area contributed by atoms with E-state index < -0.39 is 0 Å². The summed E-state index contributed by atoms with van der Waals surface area (Å²) in [5.74, 6) is 0.782. The first-order chi connectivity index (χ1) is 9.04. The minimum Gasteiger partial charge on any atom is -0.348 e. The van der Waals surface area contributed by atoms with Crippen molar-refractivity contribution in [2.45, 2.75) is 36.8 Å². The van der Waals surface area contributed by atoms with E-state index in [0.29, 0.717) is 24.1 Å². The Hall–Kier alpha value is -1.34. The SMILES string of the molecule is C=CCn1c(CN)nnc1S[C@@H](CC)C(=O)N(C)C. The summed E-state index contributed by atoms with van der Waals surface area (Å²) in [5, 5.41) is 8.70. The summed E-state index contributed by atoms with van der Waals surface area (Å²) in [4.78, 5) is 13.6. The van der Waals surface area contributed by atoms with E-state index in [2.05, 4.69) is 16.8 Å². The lowest BCUT2D eigenvalue weighted by molar-refractivity contribution is -0.128.